The van der Waals surface area contributed by atoms with E-state index in [2.05, 4.69) is 30.3 Å². The quantitative estimate of drug-likeness (QED) is 0.760. The molecule has 5 heteroatoms. The Hall–Kier alpha value is -2.59. The monoisotopic (exact) mass is 379 g/mol. The molecule has 4 rings (SSSR count). The molecule has 0 N–H and O–H groups in total. The zero-order chi connectivity index (χ0) is 18.8. The highest BCUT2D eigenvalue weighted by Gasteiger charge is 2.43. The predicted molar refractivity (Wildman–Crippen MR) is 110 cm³/mol. The van der Waals surface area contributed by atoms with Crippen LogP contribution in [-0.2, 0) is 4.79 Å². The third kappa shape index (κ3) is 3.50. The summed E-state index contributed by atoms with van der Waals surface area (Å²) in [5, 5.41) is 6.91. The molecule has 2 aromatic carbocycles. The summed E-state index contributed by atoms with van der Waals surface area (Å²) in [7, 11) is 2.01. The van der Waals surface area contributed by atoms with Gasteiger partial charge in [-0.2, -0.15) is 5.10 Å². The van der Waals surface area contributed by atoms with Gasteiger partial charge in [0.05, 0.1) is 11.8 Å². The van der Waals surface area contributed by atoms with Gasteiger partial charge in [-0.1, -0.05) is 60.7 Å². The number of hydrazone groups is 1. The first-order valence-corrected chi connectivity index (χ1v) is 9.67. The van der Waals surface area contributed by atoms with Crippen LogP contribution in [0.25, 0.3) is 6.08 Å². The lowest BCUT2D eigenvalue weighted by Crippen LogP contribution is -2.46. The number of alkyl halides is 1. The molecule has 4 nitrogen and oxygen atoms in total. The van der Waals surface area contributed by atoms with E-state index in [1.165, 1.54) is 5.56 Å². The van der Waals surface area contributed by atoms with Gasteiger partial charge in [-0.15, -0.1) is 11.6 Å². The molecule has 1 saturated heterocycles. The number of hydrogen-bond donors (Lipinski definition) is 0. The molecule has 2 aliphatic rings. The molecule has 27 heavy (non-hydrogen) atoms. The molecule has 138 valence electrons. The second-order valence-electron chi connectivity index (χ2n) is 7.01. The number of nitrogens with zero attached hydrogens (tertiary/aromatic N) is 3. The summed E-state index contributed by atoms with van der Waals surface area (Å²) in [4.78, 5) is 14.3. The van der Waals surface area contributed by atoms with E-state index in [1.54, 1.807) is 0 Å². The van der Waals surface area contributed by atoms with E-state index in [4.69, 9.17) is 16.7 Å². The Morgan fingerprint density at radius 2 is 1.81 bits per heavy atom. The van der Waals surface area contributed by atoms with E-state index in [0.29, 0.717) is 13.1 Å². The maximum absolute atomic E-state index is 12.4. The number of halogens is 1. The molecule has 2 atom stereocenters. The number of hydrogen-bond acceptors (Lipinski definition) is 3. The van der Waals surface area contributed by atoms with Gasteiger partial charge in [-0.3, -0.25) is 9.80 Å². The summed E-state index contributed by atoms with van der Waals surface area (Å²) in [5.41, 5.74) is 4.48. The van der Waals surface area contributed by atoms with Gasteiger partial charge in [0.2, 0.25) is 5.91 Å². The third-order valence-corrected chi connectivity index (χ3v) is 5.48. The molecule has 0 spiro atoms. The third-order valence-electron chi connectivity index (χ3n) is 5.26. The topological polar surface area (TPSA) is 35.9 Å². The van der Waals surface area contributed by atoms with Crippen LogP contribution < -0.4 is 0 Å². The first kappa shape index (κ1) is 17.8. The Labute approximate surface area is 164 Å². The van der Waals surface area contributed by atoms with E-state index in [1.807, 2.05) is 53.4 Å². The van der Waals surface area contributed by atoms with Crippen molar-refractivity contribution in [3.63, 3.8) is 0 Å². The van der Waals surface area contributed by atoms with Crippen molar-refractivity contribution in [2.75, 3.05) is 26.0 Å². The molecular weight excluding hydrogens is 358 g/mol. The van der Waals surface area contributed by atoms with Gasteiger partial charge in [0, 0.05) is 26.1 Å². The fraction of sp³-hybridized carbons (Fsp3) is 0.273. The second-order valence-corrected chi connectivity index (χ2v) is 7.28. The number of fused-ring (bicyclic) bond motifs is 1. The Bertz CT molecular complexity index is 879. The Balaban J connectivity index is 1.74. The molecule has 2 unspecified atom stereocenters. The van der Waals surface area contributed by atoms with Crippen LogP contribution in [-0.4, -0.2) is 47.5 Å². The summed E-state index contributed by atoms with van der Waals surface area (Å²) < 4.78 is 0. The molecule has 2 aromatic rings. The van der Waals surface area contributed by atoms with Gasteiger partial charge < -0.3 is 4.90 Å². The van der Waals surface area contributed by atoms with Crippen molar-refractivity contribution in [1.82, 2.24) is 9.91 Å². The van der Waals surface area contributed by atoms with Gasteiger partial charge in [0.1, 0.15) is 5.88 Å². The van der Waals surface area contributed by atoms with E-state index in [9.17, 15) is 4.79 Å². The van der Waals surface area contributed by atoms with Crippen molar-refractivity contribution in [2.45, 2.75) is 6.04 Å². The fourth-order valence-electron chi connectivity index (χ4n) is 4.04. The Morgan fingerprint density at radius 3 is 2.48 bits per heavy atom. The summed E-state index contributed by atoms with van der Waals surface area (Å²) in [6, 6.07) is 20.7. The first-order chi connectivity index (χ1) is 13.2. The van der Waals surface area contributed by atoms with E-state index < -0.39 is 0 Å². The van der Waals surface area contributed by atoms with Crippen LogP contribution in [0.15, 0.2) is 71.3 Å². The molecule has 2 aliphatic heterocycles. The predicted octanol–water partition coefficient (Wildman–Crippen LogP) is 3.81. The zero-order valence-electron chi connectivity index (χ0n) is 15.3. The van der Waals surface area contributed by atoms with E-state index in [-0.39, 0.29) is 23.7 Å². The normalized spacial score (nSPS) is 23.3. The molecule has 2 heterocycles. The SMILES string of the molecule is CN1N=C2/C(=C/c3ccccc3)CN(C(=O)CCl)CC2C1c1ccccc1. The van der Waals surface area contributed by atoms with Crippen LogP contribution in [0.3, 0.4) is 0 Å². The first-order valence-electron chi connectivity index (χ1n) is 9.13. The van der Waals surface area contributed by atoms with Crippen LogP contribution in [0.2, 0.25) is 0 Å². The number of carbonyl (C=O) groups is 1. The summed E-state index contributed by atoms with van der Waals surface area (Å²) in [6.45, 7) is 1.19. The molecular formula is C22H22ClN3O. The maximum atomic E-state index is 12.4. The number of likely N-dealkylation sites (tertiary alicyclic amines) is 1. The number of benzene rings is 2. The minimum atomic E-state index is -0.0314. The number of carbonyl (C=O) groups excluding carboxylic acids is 1. The fourth-order valence-corrected chi connectivity index (χ4v) is 4.21. The van der Waals surface area contributed by atoms with Gasteiger partial charge >= 0.3 is 0 Å². The molecule has 0 aromatic heterocycles. The van der Waals surface area contributed by atoms with Crippen LogP contribution in [0.4, 0.5) is 0 Å². The van der Waals surface area contributed by atoms with Crippen LogP contribution in [0.5, 0.6) is 0 Å². The second kappa shape index (κ2) is 7.57. The van der Waals surface area contributed by atoms with Crippen molar-refractivity contribution >= 4 is 29.3 Å². The molecule has 0 aliphatic carbocycles. The minimum absolute atomic E-state index is 0.00363. The Morgan fingerprint density at radius 1 is 1.15 bits per heavy atom. The summed E-state index contributed by atoms with van der Waals surface area (Å²) in [6.07, 6.45) is 2.14. The average Bonchev–Trinajstić information content (AvgIpc) is 3.05. The van der Waals surface area contributed by atoms with Gasteiger partial charge in [0.15, 0.2) is 0 Å². The highest BCUT2D eigenvalue weighted by atomic mass is 35.5. The standard InChI is InChI=1S/C22H22ClN3O/c1-25-22(17-10-6-3-7-11-17)19-15-26(20(27)13-23)14-18(21(19)24-25)12-16-8-4-2-5-9-16/h2-12,19,22H,13-15H2,1H3/b18-12+. The lowest BCUT2D eigenvalue weighted by molar-refractivity contribution is -0.128. The smallest absolute Gasteiger partial charge is 0.237 e. The molecule has 1 fully saturated rings. The van der Waals surface area contributed by atoms with Crippen LogP contribution in [0.1, 0.15) is 17.2 Å². The molecule has 0 bridgehead atoms. The lowest BCUT2D eigenvalue weighted by Gasteiger charge is -2.36. The summed E-state index contributed by atoms with van der Waals surface area (Å²) >= 11 is 5.87. The van der Waals surface area contributed by atoms with Gasteiger partial charge in [-0.05, 0) is 22.8 Å². The van der Waals surface area contributed by atoms with E-state index >= 15 is 0 Å². The van der Waals surface area contributed by atoms with Gasteiger partial charge in [0.25, 0.3) is 0 Å². The highest BCUT2D eigenvalue weighted by molar-refractivity contribution is 6.27. The molecule has 0 radical (unpaired) electrons. The molecule has 0 saturated carbocycles. The summed E-state index contributed by atoms with van der Waals surface area (Å²) in [5.74, 6) is 0.105. The maximum Gasteiger partial charge on any atom is 0.237 e. The molecule has 1 amide bonds. The van der Waals surface area contributed by atoms with E-state index in [0.717, 1.165) is 16.8 Å². The number of piperidine rings is 1. The van der Waals surface area contributed by atoms with Crippen LogP contribution in [0, 0.1) is 5.92 Å². The lowest BCUT2D eigenvalue weighted by atomic mass is 9.83. The minimum Gasteiger partial charge on any atom is -0.336 e. The van der Waals surface area contributed by atoms with Crippen molar-refractivity contribution in [2.24, 2.45) is 11.0 Å². The number of rotatable bonds is 3. The van der Waals surface area contributed by atoms with Gasteiger partial charge in [-0.25, -0.2) is 0 Å². The van der Waals surface area contributed by atoms with Crippen molar-refractivity contribution in [1.29, 1.82) is 0 Å². The van der Waals surface area contributed by atoms with Crippen molar-refractivity contribution < 1.29 is 4.79 Å². The zero-order valence-corrected chi connectivity index (χ0v) is 16.0. The van der Waals surface area contributed by atoms with Crippen molar-refractivity contribution in [3.05, 3.63) is 77.4 Å². The largest absolute Gasteiger partial charge is 0.336 e. The van der Waals surface area contributed by atoms with Crippen molar-refractivity contribution in [3.8, 4) is 0 Å². The number of amides is 1. The Kier molecular flexibility index (Phi) is 4.99. The highest BCUT2D eigenvalue weighted by Crippen LogP contribution is 2.39. The van der Waals surface area contributed by atoms with Crippen LogP contribution >= 0.6 is 11.6 Å². The average molecular weight is 380 g/mol.